The van der Waals surface area contributed by atoms with Gasteiger partial charge in [-0.25, -0.2) is 8.78 Å². The molecular weight excluding hydrogens is 597 g/mol. The van der Waals surface area contributed by atoms with Crippen LogP contribution in [0.3, 0.4) is 0 Å². The van der Waals surface area contributed by atoms with Crippen LogP contribution in [0.2, 0.25) is 5.02 Å². The standard InChI is InChI=1S/C29H21ClF5N5O3/c1-3-16-10-21(41)37-28-39(2)25-20(40(16)28)11-19(36-26(42)12-6-13(29(33,34)35)8-15(32)7-12)22-23(25)27(43)38-24(22)17-9-14(31)4-5-18(17)30/h4-9,11,16,24H,3,10H2,1-2H3,(H,36,42)(H,38,43)/t16-,24+/m1/s1. The molecule has 3 aromatic carbocycles. The van der Waals surface area contributed by atoms with Crippen molar-refractivity contribution in [2.24, 2.45) is 4.99 Å². The topological polar surface area (TPSA) is 94.1 Å². The van der Waals surface area contributed by atoms with E-state index >= 15 is 0 Å². The number of alkyl halides is 3. The molecule has 14 heteroatoms. The SMILES string of the molecule is CC[C@@H]1CC(=O)N=C2N(C)c3c(cc(NC(=O)c4cc(F)cc(C(F)(F)F)c4)c4c3C(=O)N[C@H]4c3cc(F)ccc3Cl)N21. The zero-order chi connectivity index (χ0) is 31.0. The number of hydrogen-bond donors (Lipinski definition) is 2. The zero-order valence-electron chi connectivity index (χ0n) is 22.4. The normalized spacial score (nSPS) is 19.1. The lowest BCUT2D eigenvalue weighted by molar-refractivity contribution is -0.137. The molecule has 2 N–H and O–H groups in total. The third kappa shape index (κ3) is 4.67. The Hall–Kier alpha value is -4.52. The van der Waals surface area contributed by atoms with Gasteiger partial charge in [0.1, 0.15) is 11.6 Å². The first-order valence-corrected chi connectivity index (χ1v) is 13.5. The van der Waals surface area contributed by atoms with Gasteiger partial charge in [0.25, 0.3) is 17.7 Å². The number of nitrogens with zero attached hydrogens (tertiary/aromatic N) is 3. The van der Waals surface area contributed by atoms with Crippen LogP contribution < -0.4 is 20.4 Å². The molecule has 0 fully saturated rings. The number of nitrogens with one attached hydrogen (secondary N) is 2. The summed E-state index contributed by atoms with van der Waals surface area (Å²) in [4.78, 5) is 46.9. The minimum Gasteiger partial charge on any atom is -0.341 e. The molecule has 0 aliphatic carbocycles. The second kappa shape index (κ2) is 10.0. The molecule has 2 atom stereocenters. The summed E-state index contributed by atoms with van der Waals surface area (Å²) in [5, 5.41) is 5.41. The maximum Gasteiger partial charge on any atom is 0.416 e. The smallest absolute Gasteiger partial charge is 0.341 e. The fraction of sp³-hybridized carbons (Fsp3) is 0.241. The maximum atomic E-state index is 14.3. The van der Waals surface area contributed by atoms with Crippen molar-refractivity contribution in [1.29, 1.82) is 0 Å². The fourth-order valence-corrected chi connectivity index (χ4v) is 6.01. The molecule has 0 saturated carbocycles. The molecule has 0 bridgehead atoms. The Morgan fingerprint density at radius 2 is 1.86 bits per heavy atom. The van der Waals surface area contributed by atoms with Crippen molar-refractivity contribution in [2.45, 2.75) is 38.0 Å². The first kappa shape index (κ1) is 28.6. The summed E-state index contributed by atoms with van der Waals surface area (Å²) in [5.74, 6) is -3.72. The summed E-state index contributed by atoms with van der Waals surface area (Å²) >= 11 is 6.39. The molecule has 8 nitrogen and oxygen atoms in total. The number of amides is 3. The van der Waals surface area contributed by atoms with E-state index in [9.17, 15) is 36.3 Å². The number of aliphatic imine (C=N–C) groups is 1. The highest BCUT2D eigenvalue weighted by Gasteiger charge is 2.46. The molecular formula is C29H21ClF5N5O3. The predicted molar refractivity (Wildman–Crippen MR) is 149 cm³/mol. The number of benzene rings is 3. The Kier molecular flexibility index (Phi) is 6.68. The van der Waals surface area contributed by atoms with E-state index in [4.69, 9.17) is 11.6 Å². The number of anilines is 3. The van der Waals surface area contributed by atoms with Crippen LogP contribution in [-0.4, -0.2) is 36.8 Å². The third-order valence-electron chi connectivity index (χ3n) is 7.70. The number of carbonyl (C=O) groups excluding carboxylic acids is 3. The summed E-state index contributed by atoms with van der Waals surface area (Å²) < 4.78 is 68.7. The molecule has 3 amide bonds. The van der Waals surface area contributed by atoms with Crippen LogP contribution in [0.4, 0.5) is 39.0 Å². The van der Waals surface area contributed by atoms with E-state index in [2.05, 4.69) is 15.6 Å². The number of halogens is 6. The molecule has 0 aromatic heterocycles. The van der Waals surface area contributed by atoms with E-state index in [-0.39, 0.29) is 57.8 Å². The van der Waals surface area contributed by atoms with Gasteiger partial charge in [-0.1, -0.05) is 18.5 Å². The van der Waals surface area contributed by atoms with Crippen molar-refractivity contribution in [3.05, 3.63) is 86.9 Å². The summed E-state index contributed by atoms with van der Waals surface area (Å²) in [5.41, 5.74) is -0.839. The Morgan fingerprint density at radius 3 is 2.56 bits per heavy atom. The summed E-state index contributed by atoms with van der Waals surface area (Å²) in [6.45, 7) is 1.87. The van der Waals surface area contributed by atoms with Crippen molar-refractivity contribution in [2.75, 3.05) is 22.2 Å². The molecule has 0 spiro atoms. The number of carbonyl (C=O) groups is 3. The number of rotatable bonds is 4. The number of hydrogen-bond acceptors (Lipinski definition) is 5. The molecule has 3 aromatic rings. The molecule has 0 saturated heterocycles. The second-order valence-corrected chi connectivity index (χ2v) is 10.7. The highest BCUT2D eigenvalue weighted by Crippen LogP contribution is 2.51. The molecule has 3 aliphatic rings. The molecule has 6 rings (SSSR count). The average molecular weight is 618 g/mol. The van der Waals surface area contributed by atoms with Gasteiger partial charge in [0.15, 0.2) is 0 Å². The van der Waals surface area contributed by atoms with Crippen LogP contribution in [0, 0.1) is 11.6 Å². The van der Waals surface area contributed by atoms with Gasteiger partial charge in [-0.2, -0.15) is 18.2 Å². The van der Waals surface area contributed by atoms with E-state index in [1.165, 1.54) is 12.1 Å². The molecule has 43 heavy (non-hydrogen) atoms. The summed E-state index contributed by atoms with van der Waals surface area (Å²) in [7, 11) is 1.61. The van der Waals surface area contributed by atoms with Crippen molar-refractivity contribution in [3.8, 4) is 0 Å². The predicted octanol–water partition coefficient (Wildman–Crippen LogP) is 6.04. The number of fused-ring (bicyclic) bond motifs is 5. The molecule has 0 radical (unpaired) electrons. The monoisotopic (exact) mass is 617 g/mol. The third-order valence-corrected chi connectivity index (χ3v) is 8.04. The van der Waals surface area contributed by atoms with Crippen molar-refractivity contribution in [3.63, 3.8) is 0 Å². The fourth-order valence-electron chi connectivity index (χ4n) is 5.79. The lowest BCUT2D eigenvalue weighted by Gasteiger charge is -2.32. The zero-order valence-corrected chi connectivity index (χ0v) is 23.2. The molecule has 222 valence electrons. The van der Waals surface area contributed by atoms with Crippen LogP contribution in [0.25, 0.3) is 0 Å². The highest BCUT2D eigenvalue weighted by atomic mass is 35.5. The van der Waals surface area contributed by atoms with Gasteiger partial charge in [0, 0.05) is 46.9 Å². The Bertz CT molecular complexity index is 1780. The van der Waals surface area contributed by atoms with Crippen LogP contribution in [0.5, 0.6) is 0 Å². The van der Waals surface area contributed by atoms with E-state index in [1.807, 2.05) is 6.92 Å². The Morgan fingerprint density at radius 1 is 1.12 bits per heavy atom. The Labute approximate surface area is 246 Å². The van der Waals surface area contributed by atoms with Crippen molar-refractivity contribution in [1.82, 2.24) is 5.32 Å². The quantitative estimate of drug-likeness (QED) is 0.348. The highest BCUT2D eigenvalue weighted by molar-refractivity contribution is 6.31. The number of guanidine groups is 1. The van der Waals surface area contributed by atoms with Gasteiger partial charge >= 0.3 is 6.18 Å². The second-order valence-electron chi connectivity index (χ2n) is 10.3. The lowest BCUT2D eigenvalue weighted by Crippen LogP contribution is -2.47. The van der Waals surface area contributed by atoms with Crippen LogP contribution >= 0.6 is 11.6 Å². The van der Waals surface area contributed by atoms with E-state index in [0.717, 1.165) is 12.1 Å². The van der Waals surface area contributed by atoms with E-state index in [0.29, 0.717) is 29.9 Å². The molecule has 3 aliphatic heterocycles. The van der Waals surface area contributed by atoms with Gasteiger partial charge < -0.3 is 20.4 Å². The molecule has 3 heterocycles. The van der Waals surface area contributed by atoms with Gasteiger partial charge in [-0.05, 0) is 48.9 Å². The van der Waals surface area contributed by atoms with Gasteiger partial charge in [-0.15, -0.1) is 0 Å². The molecule has 0 unspecified atom stereocenters. The first-order chi connectivity index (χ1) is 20.3. The minimum absolute atomic E-state index is 0.0124. The van der Waals surface area contributed by atoms with Crippen LogP contribution in [-0.2, 0) is 11.0 Å². The maximum absolute atomic E-state index is 14.3. The minimum atomic E-state index is -4.91. The van der Waals surface area contributed by atoms with Crippen LogP contribution in [0.15, 0.2) is 47.5 Å². The van der Waals surface area contributed by atoms with E-state index < -0.39 is 46.8 Å². The van der Waals surface area contributed by atoms with Crippen molar-refractivity contribution < 1.29 is 36.3 Å². The van der Waals surface area contributed by atoms with Gasteiger partial charge in [0.2, 0.25) is 5.96 Å². The lowest BCUT2D eigenvalue weighted by atomic mass is 9.93. The van der Waals surface area contributed by atoms with Crippen LogP contribution in [0.1, 0.15) is 63.2 Å². The average Bonchev–Trinajstić information content (AvgIpc) is 3.42. The van der Waals surface area contributed by atoms with Gasteiger partial charge in [-0.3, -0.25) is 14.4 Å². The van der Waals surface area contributed by atoms with Crippen molar-refractivity contribution >= 4 is 52.3 Å². The van der Waals surface area contributed by atoms with E-state index in [1.54, 1.807) is 16.8 Å². The summed E-state index contributed by atoms with van der Waals surface area (Å²) in [6, 6.07) is 5.06. The first-order valence-electron chi connectivity index (χ1n) is 13.1. The summed E-state index contributed by atoms with van der Waals surface area (Å²) in [6.07, 6.45) is -4.31. The Balaban J connectivity index is 1.56. The largest absolute Gasteiger partial charge is 0.416 e. The van der Waals surface area contributed by atoms with Gasteiger partial charge in [0.05, 0.1) is 28.5 Å².